The molecule has 0 saturated carbocycles. The maximum Gasteiger partial charge on any atom is 0.150 e. The van der Waals surface area contributed by atoms with Gasteiger partial charge in [-0.25, -0.2) is 0 Å². The van der Waals surface area contributed by atoms with E-state index in [0.29, 0.717) is 5.02 Å². The van der Waals surface area contributed by atoms with E-state index in [-0.39, 0.29) is 5.78 Å². The third kappa shape index (κ3) is 2.29. The molecule has 0 saturated heterocycles. The molecule has 1 unspecified atom stereocenters. The third-order valence-electron chi connectivity index (χ3n) is 2.01. The summed E-state index contributed by atoms with van der Waals surface area (Å²) in [5.74, 6) is -0.0506. The number of carbonyl (C=O) groups excluding carboxylic acids is 1. The van der Waals surface area contributed by atoms with Crippen LogP contribution >= 0.6 is 11.6 Å². The molecule has 0 aliphatic carbocycles. The molecule has 1 aromatic carbocycles. The van der Waals surface area contributed by atoms with Gasteiger partial charge in [-0.2, -0.15) is 0 Å². The fourth-order valence-corrected chi connectivity index (χ4v) is 1.35. The van der Waals surface area contributed by atoms with Gasteiger partial charge in [-0.1, -0.05) is 17.7 Å². The van der Waals surface area contributed by atoms with Crippen molar-refractivity contribution in [1.29, 1.82) is 0 Å². The Kier molecular flexibility index (Phi) is 3.07. The lowest BCUT2D eigenvalue weighted by atomic mass is 10.00. The number of hydrogen-bond donors (Lipinski definition) is 1. The van der Waals surface area contributed by atoms with E-state index in [0.717, 1.165) is 11.1 Å². The average molecular weight is 198 g/mol. The lowest BCUT2D eigenvalue weighted by Crippen LogP contribution is -2.19. The van der Waals surface area contributed by atoms with Crippen molar-refractivity contribution < 1.29 is 4.79 Å². The van der Waals surface area contributed by atoms with E-state index in [4.69, 9.17) is 17.3 Å². The van der Waals surface area contributed by atoms with Crippen LogP contribution in [-0.4, -0.2) is 5.78 Å². The first-order chi connectivity index (χ1) is 6.02. The van der Waals surface area contributed by atoms with Crippen LogP contribution in [0.25, 0.3) is 0 Å². The van der Waals surface area contributed by atoms with Crippen molar-refractivity contribution in [3.05, 3.63) is 34.3 Å². The molecule has 0 bridgehead atoms. The zero-order valence-electron chi connectivity index (χ0n) is 7.67. The molecule has 0 aliphatic heterocycles. The number of benzene rings is 1. The van der Waals surface area contributed by atoms with Gasteiger partial charge in [-0.05, 0) is 37.1 Å². The Hall–Kier alpha value is -0.860. The van der Waals surface area contributed by atoms with Gasteiger partial charge in [0.2, 0.25) is 0 Å². The molecule has 1 rings (SSSR count). The Labute approximate surface area is 82.7 Å². The summed E-state index contributed by atoms with van der Waals surface area (Å²) in [4.78, 5) is 11.0. The molecule has 2 N–H and O–H groups in total. The normalized spacial score (nSPS) is 12.6. The van der Waals surface area contributed by atoms with Gasteiger partial charge >= 0.3 is 0 Å². The number of aryl methyl sites for hydroxylation is 1. The van der Waals surface area contributed by atoms with Crippen molar-refractivity contribution >= 4 is 17.4 Å². The topological polar surface area (TPSA) is 43.1 Å². The Morgan fingerprint density at radius 1 is 1.54 bits per heavy atom. The lowest BCUT2D eigenvalue weighted by molar-refractivity contribution is -0.118. The first-order valence-electron chi connectivity index (χ1n) is 4.04. The molecule has 2 nitrogen and oxygen atoms in total. The summed E-state index contributed by atoms with van der Waals surface area (Å²) in [6, 6.07) is 4.83. The molecule has 13 heavy (non-hydrogen) atoms. The van der Waals surface area contributed by atoms with Gasteiger partial charge in [0.05, 0.1) is 6.04 Å². The van der Waals surface area contributed by atoms with E-state index in [2.05, 4.69) is 0 Å². The zero-order chi connectivity index (χ0) is 10.0. The largest absolute Gasteiger partial charge is 0.318 e. The van der Waals surface area contributed by atoms with E-state index in [1.807, 2.05) is 13.0 Å². The molecule has 0 aliphatic rings. The van der Waals surface area contributed by atoms with Crippen LogP contribution in [0.4, 0.5) is 0 Å². The molecule has 0 fully saturated rings. The van der Waals surface area contributed by atoms with Crippen LogP contribution in [0.2, 0.25) is 5.02 Å². The summed E-state index contributed by atoms with van der Waals surface area (Å²) in [7, 11) is 0. The fraction of sp³-hybridized carbons (Fsp3) is 0.300. The van der Waals surface area contributed by atoms with Crippen molar-refractivity contribution in [3.8, 4) is 0 Å². The standard InChI is InChI=1S/C10H12ClNO/c1-6-3-4-8(11)5-9(6)10(12)7(2)13/h3-5,10H,12H2,1-2H3. The van der Waals surface area contributed by atoms with E-state index in [9.17, 15) is 4.79 Å². The summed E-state index contributed by atoms with van der Waals surface area (Å²) in [5, 5.41) is 0.609. The molecular weight excluding hydrogens is 186 g/mol. The van der Waals surface area contributed by atoms with Crippen LogP contribution in [0, 0.1) is 6.92 Å². The van der Waals surface area contributed by atoms with Crippen molar-refractivity contribution in [2.75, 3.05) is 0 Å². The number of rotatable bonds is 2. The predicted octanol–water partition coefficient (Wildman–Crippen LogP) is 2.24. The van der Waals surface area contributed by atoms with E-state index in [1.54, 1.807) is 12.1 Å². The molecule has 0 heterocycles. The van der Waals surface area contributed by atoms with Gasteiger partial charge in [0.25, 0.3) is 0 Å². The van der Waals surface area contributed by atoms with Crippen LogP contribution in [0.15, 0.2) is 18.2 Å². The highest BCUT2D eigenvalue weighted by Gasteiger charge is 2.13. The Bertz CT molecular complexity index is 336. The third-order valence-corrected chi connectivity index (χ3v) is 2.25. The van der Waals surface area contributed by atoms with E-state index < -0.39 is 6.04 Å². The minimum absolute atomic E-state index is 0.0506. The maximum atomic E-state index is 11.0. The summed E-state index contributed by atoms with van der Waals surface area (Å²) in [6.45, 7) is 3.39. The summed E-state index contributed by atoms with van der Waals surface area (Å²) < 4.78 is 0. The van der Waals surface area contributed by atoms with Crippen LogP contribution in [0.1, 0.15) is 24.1 Å². The second-order valence-electron chi connectivity index (χ2n) is 3.09. The number of carbonyl (C=O) groups is 1. The number of hydrogen-bond acceptors (Lipinski definition) is 2. The molecular formula is C10H12ClNO. The monoisotopic (exact) mass is 197 g/mol. The van der Waals surface area contributed by atoms with Crippen molar-refractivity contribution in [3.63, 3.8) is 0 Å². The quantitative estimate of drug-likeness (QED) is 0.790. The zero-order valence-corrected chi connectivity index (χ0v) is 8.43. The Balaban J connectivity index is 3.12. The SMILES string of the molecule is CC(=O)C(N)c1cc(Cl)ccc1C. The lowest BCUT2D eigenvalue weighted by Gasteiger charge is -2.11. The Morgan fingerprint density at radius 2 is 2.15 bits per heavy atom. The molecule has 3 heteroatoms. The number of Topliss-reactive ketones (excluding diaryl/α,β-unsaturated/α-hetero) is 1. The smallest absolute Gasteiger partial charge is 0.150 e. The van der Waals surface area contributed by atoms with Crippen LogP contribution in [0.3, 0.4) is 0 Å². The van der Waals surface area contributed by atoms with E-state index >= 15 is 0 Å². The minimum atomic E-state index is -0.557. The first-order valence-corrected chi connectivity index (χ1v) is 4.42. The van der Waals surface area contributed by atoms with Gasteiger partial charge in [0, 0.05) is 5.02 Å². The molecule has 0 radical (unpaired) electrons. The molecule has 0 aromatic heterocycles. The minimum Gasteiger partial charge on any atom is -0.318 e. The highest BCUT2D eigenvalue weighted by Crippen LogP contribution is 2.20. The van der Waals surface area contributed by atoms with Crippen LogP contribution < -0.4 is 5.73 Å². The fourth-order valence-electron chi connectivity index (χ4n) is 1.17. The Morgan fingerprint density at radius 3 is 2.69 bits per heavy atom. The van der Waals surface area contributed by atoms with Gasteiger partial charge < -0.3 is 5.73 Å². The second-order valence-corrected chi connectivity index (χ2v) is 3.53. The van der Waals surface area contributed by atoms with Crippen molar-refractivity contribution in [1.82, 2.24) is 0 Å². The summed E-state index contributed by atoms with van der Waals surface area (Å²) in [5.41, 5.74) is 7.50. The van der Waals surface area contributed by atoms with Gasteiger partial charge in [0.15, 0.2) is 5.78 Å². The number of ketones is 1. The molecule has 70 valence electrons. The number of halogens is 1. The summed E-state index contributed by atoms with van der Waals surface area (Å²) in [6.07, 6.45) is 0. The highest BCUT2D eigenvalue weighted by atomic mass is 35.5. The molecule has 1 aromatic rings. The molecule has 0 spiro atoms. The van der Waals surface area contributed by atoms with Crippen molar-refractivity contribution in [2.45, 2.75) is 19.9 Å². The average Bonchev–Trinajstić information content (AvgIpc) is 2.08. The summed E-state index contributed by atoms with van der Waals surface area (Å²) >= 11 is 5.80. The van der Waals surface area contributed by atoms with Crippen LogP contribution in [-0.2, 0) is 4.79 Å². The highest BCUT2D eigenvalue weighted by molar-refractivity contribution is 6.30. The maximum absolute atomic E-state index is 11.0. The van der Waals surface area contributed by atoms with Crippen LogP contribution in [0.5, 0.6) is 0 Å². The predicted molar refractivity (Wildman–Crippen MR) is 53.8 cm³/mol. The van der Waals surface area contributed by atoms with Gasteiger partial charge in [-0.15, -0.1) is 0 Å². The van der Waals surface area contributed by atoms with E-state index in [1.165, 1.54) is 6.92 Å². The first kappa shape index (κ1) is 10.2. The van der Waals surface area contributed by atoms with Gasteiger partial charge in [-0.3, -0.25) is 4.79 Å². The number of nitrogens with two attached hydrogens (primary N) is 1. The molecule has 0 amide bonds. The van der Waals surface area contributed by atoms with Gasteiger partial charge in [0.1, 0.15) is 0 Å². The van der Waals surface area contributed by atoms with Crippen molar-refractivity contribution in [2.24, 2.45) is 5.73 Å². The second kappa shape index (κ2) is 3.90. The molecule has 1 atom stereocenters.